The third kappa shape index (κ3) is 13.5. The summed E-state index contributed by atoms with van der Waals surface area (Å²) >= 11 is 0. The molecule has 1 radical (unpaired) electrons. The molecule has 4 aromatic rings. The molecule has 7 atom stereocenters. The second-order valence-corrected chi connectivity index (χ2v) is 17.5. The second-order valence-electron chi connectivity index (χ2n) is 17.5. The number of morpholine rings is 1. The number of nitrogens with one attached hydrogen (secondary N) is 2. The number of carboxylic acid groups (broad SMARTS) is 1. The summed E-state index contributed by atoms with van der Waals surface area (Å²) in [6.45, 7) is 5.33. The molecule has 6 rings (SSSR count). The Hall–Kier alpha value is -6.42. The lowest BCUT2D eigenvalue weighted by Gasteiger charge is -2.47. The van der Waals surface area contributed by atoms with E-state index in [4.69, 9.17) is 37.9 Å². The first-order chi connectivity index (χ1) is 34.0. The molecule has 0 aliphatic carbocycles. The van der Waals surface area contributed by atoms with Gasteiger partial charge in [-0.1, -0.05) is 54.6 Å². The third-order valence-corrected chi connectivity index (χ3v) is 12.3. The highest BCUT2D eigenvalue weighted by atomic mass is 16.7. The number of benzene rings is 3. The minimum absolute atomic E-state index is 0.0852. The van der Waals surface area contributed by atoms with E-state index in [0.717, 1.165) is 30.5 Å². The molecular weight excluding hydrogens is 925 g/mol. The Balaban J connectivity index is 1.24. The number of aliphatic hydroxyl groups excluding tert-OH is 1. The number of unbranched alkanes of at least 4 members (excludes halogenated alkanes) is 2. The molecule has 1 amide bonds. The molecule has 2 fully saturated rings. The number of carbonyl (C=O) groups is 4. The van der Waals surface area contributed by atoms with Crippen LogP contribution in [0.3, 0.4) is 0 Å². The van der Waals surface area contributed by atoms with Gasteiger partial charge in [0.1, 0.15) is 34.8 Å². The van der Waals surface area contributed by atoms with Crippen LogP contribution in [0.15, 0.2) is 94.6 Å². The Morgan fingerprint density at radius 1 is 0.859 bits per heavy atom. The number of esters is 2. The number of ether oxygens (including phenoxy) is 8. The van der Waals surface area contributed by atoms with Gasteiger partial charge in [-0.2, -0.15) is 0 Å². The number of hydrogen-bond acceptors (Lipinski definition) is 16. The molecular formula is C51H63N4O16. The van der Waals surface area contributed by atoms with E-state index in [1.165, 1.54) is 24.1 Å². The number of aryl methyl sites for hydroxylation is 1. The van der Waals surface area contributed by atoms with Crippen molar-refractivity contribution in [3.8, 4) is 11.5 Å². The van der Waals surface area contributed by atoms with Crippen LogP contribution in [-0.4, -0.2) is 138 Å². The highest BCUT2D eigenvalue weighted by Gasteiger charge is 2.51. The average Bonchev–Trinajstić information content (AvgIpc) is 3.35. The standard InChI is InChI=1S/C51H63N4O16/c1-32-27-55(49(63)53-47(32)62)42-28-54(25-11-8-12-26-66-48-44(52-33(2)57)46(69-35(4)59)45(68-34(3)58)41(70-48)23-24-43(60)61)29-50(30-56,71-42)31-67-51(36-13-9-7-10-14-36,37-15-19-39(64-5)20-16-37)38-17-21-40(65-6)22-18-38/h7,9-10,13-23,27,41-42,44-46,48,56H,8,11-12,24-26,28-31H2,1-6H3,(H,52,57)(H,60,61)(H,53,62,63)/t41-,42-,44-,45-,46-,48-,50-/m1/s1. The number of carboxylic acids is 1. The van der Waals surface area contributed by atoms with Crippen LogP contribution < -0.4 is 26.0 Å². The maximum absolute atomic E-state index is 13.4. The van der Waals surface area contributed by atoms with E-state index in [9.17, 15) is 39.0 Å². The van der Waals surface area contributed by atoms with E-state index in [0.29, 0.717) is 37.3 Å². The smallest absolute Gasteiger partial charge is 0.330 e. The highest BCUT2D eigenvalue weighted by Crippen LogP contribution is 2.43. The maximum atomic E-state index is 13.4. The third-order valence-electron chi connectivity index (χ3n) is 12.3. The molecule has 0 spiro atoms. The van der Waals surface area contributed by atoms with Crippen LogP contribution >= 0.6 is 0 Å². The molecule has 2 saturated heterocycles. The predicted octanol–water partition coefficient (Wildman–Crippen LogP) is 3.39. The van der Waals surface area contributed by atoms with E-state index in [2.05, 4.69) is 15.2 Å². The average molecular weight is 988 g/mol. The normalized spacial score (nSPS) is 22.5. The Kier molecular flexibility index (Phi) is 18.7. The van der Waals surface area contributed by atoms with Gasteiger partial charge < -0.3 is 53.4 Å². The number of aliphatic hydroxyl groups is 1. The summed E-state index contributed by atoms with van der Waals surface area (Å²) in [7, 11) is 3.17. The number of carbonyl (C=O) groups excluding carboxylic acids is 3. The zero-order chi connectivity index (χ0) is 51.3. The Morgan fingerprint density at radius 3 is 2.03 bits per heavy atom. The van der Waals surface area contributed by atoms with Gasteiger partial charge in [-0.3, -0.25) is 38.4 Å². The minimum atomic E-state index is -1.43. The summed E-state index contributed by atoms with van der Waals surface area (Å²) in [4.78, 5) is 78.7. The van der Waals surface area contributed by atoms with Gasteiger partial charge in [0.05, 0.1) is 33.9 Å². The van der Waals surface area contributed by atoms with Gasteiger partial charge in [-0.25, -0.2) is 4.79 Å². The Labute approximate surface area is 411 Å². The van der Waals surface area contributed by atoms with Gasteiger partial charge >= 0.3 is 23.6 Å². The summed E-state index contributed by atoms with van der Waals surface area (Å²) < 4.78 is 49.6. The van der Waals surface area contributed by atoms with E-state index in [1.54, 1.807) is 21.1 Å². The highest BCUT2D eigenvalue weighted by molar-refractivity contribution is 5.74. The van der Waals surface area contributed by atoms with Gasteiger partial charge in [-0.15, -0.1) is 0 Å². The molecule has 1 aromatic heterocycles. The van der Waals surface area contributed by atoms with Gasteiger partial charge in [0, 0.05) is 58.6 Å². The lowest BCUT2D eigenvalue weighted by atomic mass is 9.79. The number of aromatic amines is 1. The molecule has 0 unspecified atom stereocenters. The molecule has 3 aromatic carbocycles. The molecule has 0 saturated carbocycles. The van der Waals surface area contributed by atoms with Crippen molar-refractivity contribution in [2.24, 2.45) is 0 Å². The van der Waals surface area contributed by atoms with Crippen LogP contribution in [-0.2, 0) is 53.2 Å². The van der Waals surface area contributed by atoms with Crippen molar-refractivity contribution < 1.29 is 67.3 Å². The van der Waals surface area contributed by atoms with Gasteiger partial charge in [0.2, 0.25) is 5.91 Å². The van der Waals surface area contributed by atoms with Crippen molar-refractivity contribution in [2.45, 2.75) is 101 Å². The van der Waals surface area contributed by atoms with E-state index < -0.39 is 96.2 Å². The number of rotatable bonds is 23. The zero-order valence-electron chi connectivity index (χ0n) is 40.7. The van der Waals surface area contributed by atoms with Crippen molar-refractivity contribution in [3.05, 3.63) is 135 Å². The predicted molar refractivity (Wildman–Crippen MR) is 254 cm³/mol. The Morgan fingerprint density at radius 2 is 1.46 bits per heavy atom. The minimum Gasteiger partial charge on any atom is -0.497 e. The number of hydrogen-bond donors (Lipinski definition) is 4. The fourth-order valence-corrected chi connectivity index (χ4v) is 8.97. The summed E-state index contributed by atoms with van der Waals surface area (Å²) in [5.41, 5.74) is -1.35. The molecule has 383 valence electrons. The number of aromatic nitrogens is 2. The lowest BCUT2D eigenvalue weighted by Crippen LogP contribution is -2.66. The van der Waals surface area contributed by atoms with E-state index in [-0.39, 0.29) is 31.9 Å². The summed E-state index contributed by atoms with van der Waals surface area (Å²) in [6, 6.07) is 23.5. The maximum Gasteiger partial charge on any atom is 0.330 e. The topological polar surface area (TPSA) is 253 Å². The van der Waals surface area contributed by atoms with Crippen LogP contribution in [0.1, 0.15) is 74.9 Å². The summed E-state index contributed by atoms with van der Waals surface area (Å²) in [5, 5.41) is 23.5. The number of methoxy groups -OCH3 is 2. The molecule has 71 heavy (non-hydrogen) atoms. The van der Waals surface area contributed by atoms with Crippen molar-refractivity contribution in [3.63, 3.8) is 0 Å². The first-order valence-corrected chi connectivity index (χ1v) is 23.3. The largest absolute Gasteiger partial charge is 0.497 e. The van der Waals surface area contributed by atoms with Crippen LogP contribution in [0.5, 0.6) is 11.5 Å². The number of aliphatic carboxylic acids is 1. The van der Waals surface area contributed by atoms with Gasteiger partial charge in [-0.05, 0) is 73.7 Å². The van der Waals surface area contributed by atoms with E-state index >= 15 is 0 Å². The van der Waals surface area contributed by atoms with Crippen molar-refractivity contribution in [2.75, 3.05) is 53.7 Å². The quantitative estimate of drug-likeness (QED) is 0.0472. The van der Waals surface area contributed by atoms with Crippen molar-refractivity contribution in [1.29, 1.82) is 0 Å². The number of nitrogens with zero attached hydrogens (tertiary/aromatic N) is 2. The molecule has 20 nitrogen and oxygen atoms in total. The summed E-state index contributed by atoms with van der Waals surface area (Å²) in [6.07, 6.45) is -2.11. The molecule has 4 N–H and O–H groups in total. The van der Waals surface area contributed by atoms with E-state index in [1.807, 2.05) is 78.9 Å². The first-order valence-electron chi connectivity index (χ1n) is 23.3. The van der Waals surface area contributed by atoms with Crippen LogP contribution in [0.4, 0.5) is 0 Å². The van der Waals surface area contributed by atoms with Crippen LogP contribution in [0, 0.1) is 13.3 Å². The Bertz CT molecular complexity index is 2490. The fourth-order valence-electron chi connectivity index (χ4n) is 8.97. The SMILES string of the molecule is COc1ccc(C(OC[C@]2(CO)CN(CCCCCO[C@@H]3O[C@H]([CH]CC(=O)O)[C@@H](OC(C)=O)[C@H](OC(C)=O)[C@H]3NC(C)=O)C[C@H](n3cc(C)c(=O)[nH]c3=O)O2)(c2ccccc2)c2ccc(OC)cc2)cc1. The fraction of sp³-hybridized carbons (Fsp3) is 0.471. The number of H-pyrrole nitrogens is 1. The number of amides is 1. The monoisotopic (exact) mass is 987 g/mol. The molecule has 3 heterocycles. The van der Waals surface area contributed by atoms with Gasteiger partial charge in [0.25, 0.3) is 5.56 Å². The molecule has 2 aliphatic heterocycles. The lowest BCUT2D eigenvalue weighted by molar-refractivity contribution is -0.265. The molecule has 20 heteroatoms. The van der Waals surface area contributed by atoms with Gasteiger partial charge in [0.15, 0.2) is 24.7 Å². The van der Waals surface area contributed by atoms with Crippen LogP contribution in [0.25, 0.3) is 0 Å². The van der Waals surface area contributed by atoms with Crippen molar-refractivity contribution >= 4 is 23.8 Å². The molecule has 2 aliphatic rings. The summed E-state index contributed by atoms with van der Waals surface area (Å²) in [5.74, 6) is -1.91. The zero-order valence-corrected chi connectivity index (χ0v) is 40.7. The van der Waals surface area contributed by atoms with Crippen molar-refractivity contribution in [1.82, 2.24) is 19.8 Å². The van der Waals surface area contributed by atoms with Crippen LogP contribution in [0.2, 0.25) is 0 Å². The second kappa shape index (κ2) is 24.6. The first kappa shape index (κ1) is 53.9. The molecule has 0 bridgehead atoms.